The maximum atomic E-state index is 10.3. The number of hydrogen-bond acceptors (Lipinski definition) is 4. The summed E-state index contributed by atoms with van der Waals surface area (Å²) in [6, 6.07) is 19.8. The maximum Gasteiger partial charge on any atom is 0.204 e. The summed E-state index contributed by atoms with van der Waals surface area (Å²) < 4.78 is 33.1. The molecule has 1 aromatic heterocycles. The summed E-state index contributed by atoms with van der Waals surface area (Å²) in [6.07, 6.45) is 6.31. The van der Waals surface area contributed by atoms with Gasteiger partial charge >= 0.3 is 0 Å². The number of halogens is 1. The SMILES string of the molecule is CN(C)c1ccc(/C=C/c2cccc[n+]2C)cc1.O.O=S(=O)([O-])c1ccc(Cl)cc1. The topological polar surface area (TPSA) is 95.8 Å². The molecule has 0 aliphatic carbocycles. The van der Waals surface area contributed by atoms with E-state index in [2.05, 4.69) is 85.4 Å². The van der Waals surface area contributed by atoms with E-state index in [1.807, 2.05) is 6.07 Å². The van der Waals surface area contributed by atoms with Crippen LogP contribution in [0.2, 0.25) is 5.02 Å². The summed E-state index contributed by atoms with van der Waals surface area (Å²) in [5.74, 6) is 0. The highest BCUT2D eigenvalue weighted by Crippen LogP contribution is 2.14. The highest BCUT2D eigenvalue weighted by Gasteiger charge is 2.00. The number of aromatic nitrogens is 1. The number of hydrogen-bond donors (Lipinski definition) is 0. The van der Waals surface area contributed by atoms with Crippen LogP contribution in [0.25, 0.3) is 12.2 Å². The van der Waals surface area contributed by atoms with Crippen LogP contribution in [-0.4, -0.2) is 32.5 Å². The van der Waals surface area contributed by atoms with Gasteiger partial charge in [-0.05, 0) is 54.1 Å². The first-order chi connectivity index (χ1) is 13.7. The monoisotopic (exact) mass is 448 g/mol. The second-order valence-corrected chi connectivity index (χ2v) is 8.28. The van der Waals surface area contributed by atoms with Crippen LogP contribution in [0.5, 0.6) is 0 Å². The zero-order chi connectivity index (χ0) is 21.4. The number of anilines is 1. The number of aryl methyl sites for hydroxylation is 1. The molecule has 0 atom stereocenters. The number of benzene rings is 2. The molecule has 2 aromatic carbocycles. The molecule has 0 amide bonds. The lowest BCUT2D eigenvalue weighted by Gasteiger charge is -2.11. The molecule has 30 heavy (non-hydrogen) atoms. The third kappa shape index (κ3) is 7.96. The molecule has 0 fully saturated rings. The Labute approximate surface area is 182 Å². The third-order valence-corrected chi connectivity index (χ3v) is 5.15. The minimum atomic E-state index is -4.33. The van der Waals surface area contributed by atoms with Crippen LogP contribution in [0.15, 0.2) is 77.8 Å². The summed E-state index contributed by atoms with van der Waals surface area (Å²) in [7, 11) is 1.82. The van der Waals surface area contributed by atoms with Gasteiger partial charge in [-0.2, -0.15) is 0 Å². The van der Waals surface area contributed by atoms with Crippen molar-refractivity contribution in [3.63, 3.8) is 0 Å². The van der Waals surface area contributed by atoms with Gasteiger partial charge in [0.05, 0.1) is 4.90 Å². The van der Waals surface area contributed by atoms with Crippen molar-refractivity contribution in [3.8, 4) is 0 Å². The van der Waals surface area contributed by atoms with Crippen LogP contribution >= 0.6 is 11.6 Å². The fourth-order valence-corrected chi connectivity index (χ4v) is 2.97. The van der Waals surface area contributed by atoms with Gasteiger partial charge in [-0.1, -0.05) is 23.7 Å². The average Bonchev–Trinajstić information content (AvgIpc) is 2.68. The smallest absolute Gasteiger partial charge is 0.204 e. The van der Waals surface area contributed by atoms with Gasteiger partial charge in [0, 0.05) is 43.0 Å². The van der Waals surface area contributed by atoms with Crippen molar-refractivity contribution in [1.29, 1.82) is 0 Å². The van der Waals surface area contributed by atoms with E-state index in [1.54, 1.807) is 0 Å². The van der Waals surface area contributed by atoms with E-state index in [0.717, 1.165) is 0 Å². The quantitative estimate of drug-likeness (QED) is 0.452. The van der Waals surface area contributed by atoms with Crippen LogP contribution in [0, 0.1) is 0 Å². The van der Waals surface area contributed by atoms with Crippen molar-refractivity contribution in [1.82, 2.24) is 0 Å². The number of nitrogens with zero attached hydrogens (tertiary/aromatic N) is 2. The van der Waals surface area contributed by atoms with Crippen LogP contribution in [0.4, 0.5) is 5.69 Å². The average molecular weight is 449 g/mol. The van der Waals surface area contributed by atoms with Crippen LogP contribution in [-0.2, 0) is 17.2 Å². The van der Waals surface area contributed by atoms with E-state index in [9.17, 15) is 13.0 Å². The van der Waals surface area contributed by atoms with E-state index in [0.29, 0.717) is 5.02 Å². The first-order valence-electron chi connectivity index (χ1n) is 8.78. The van der Waals surface area contributed by atoms with Crippen molar-refractivity contribution < 1.29 is 23.0 Å². The molecular formula is C22H25ClN2O4S. The Kier molecular flexibility index (Phi) is 9.68. The highest BCUT2D eigenvalue weighted by atomic mass is 35.5. The first-order valence-corrected chi connectivity index (χ1v) is 10.6. The fraction of sp³-hybridized carbons (Fsp3) is 0.136. The van der Waals surface area contributed by atoms with Crippen LogP contribution in [0.1, 0.15) is 11.3 Å². The Balaban J connectivity index is 0.000000324. The summed E-state index contributed by atoms with van der Waals surface area (Å²) in [5.41, 5.74) is 3.62. The van der Waals surface area contributed by atoms with Gasteiger partial charge in [0.1, 0.15) is 17.2 Å². The number of pyridine rings is 1. The van der Waals surface area contributed by atoms with Gasteiger partial charge < -0.3 is 14.9 Å². The first kappa shape index (κ1) is 25.3. The molecule has 3 aromatic rings. The van der Waals surface area contributed by atoms with Gasteiger partial charge in [-0.3, -0.25) is 0 Å². The molecule has 160 valence electrons. The van der Waals surface area contributed by atoms with Crippen molar-refractivity contribution >= 4 is 39.6 Å². The van der Waals surface area contributed by atoms with Gasteiger partial charge in [-0.25, -0.2) is 13.0 Å². The molecule has 2 N–H and O–H groups in total. The predicted octanol–water partition coefficient (Wildman–Crippen LogP) is 3.17. The Morgan fingerprint density at radius 1 is 0.933 bits per heavy atom. The number of rotatable bonds is 4. The molecule has 0 saturated heterocycles. The lowest BCUT2D eigenvalue weighted by molar-refractivity contribution is -0.673. The molecule has 0 bridgehead atoms. The lowest BCUT2D eigenvalue weighted by atomic mass is 10.1. The summed E-state index contributed by atoms with van der Waals surface area (Å²) in [4.78, 5) is 1.84. The van der Waals surface area contributed by atoms with E-state index in [-0.39, 0.29) is 10.4 Å². The largest absolute Gasteiger partial charge is 0.744 e. The Bertz CT molecular complexity index is 1070. The second kappa shape index (κ2) is 11.5. The Morgan fingerprint density at radius 3 is 2.03 bits per heavy atom. The van der Waals surface area contributed by atoms with Gasteiger partial charge in [0.25, 0.3) is 0 Å². The molecule has 0 aliphatic heterocycles. The predicted molar refractivity (Wildman–Crippen MR) is 120 cm³/mol. The molecule has 8 heteroatoms. The maximum absolute atomic E-state index is 10.3. The van der Waals surface area contributed by atoms with E-state index in [4.69, 9.17) is 11.6 Å². The van der Waals surface area contributed by atoms with Crippen LogP contribution in [0.3, 0.4) is 0 Å². The molecule has 1 heterocycles. The zero-order valence-corrected chi connectivity index (χ0v) is 18.6. The minimum absolute atomic E-state index is 0. The van der Waals surface area contributed by atoms with Crippen molar-refractivity contribution in [2.75, 3.05) is 19.0 Å². The van der Waals surface area contributed by atoms with Gasteiger partial charge in [-0.15, -0.1) is 0 Å². The summed E-state index contributed by atoms with van der Waals surface area (Å²) in [5, 5.41) is 0.400. The molecule has 3 rings (SSSR count). The molecule has 6 nitrogen and oxygen atoms in total. The van der Waals surface area contributed by atoms with Crippen molar-refractivity contribution in [3.05, 3.63) is 89.2 Å². The van der Waals surface area contributed by atoms with Crippen molar-refractivity contribution in [2.45, 2.75) is 4.90 Å². The van der Waals surface area contributed by atoms with E-state index in [1.165, 1.54) is 41.2 Å². The fourth-order valence-electron chi connectivity index (χ4n) is 2.38. The van der Waals surface area contributed by atoms with E-state index < -0.39 is 10.1 Å². The van der Waals surface area contributed by atoms with E-state index >= 15 is 0 Å². The molecular weight excluding hydrogens is 424 g/mol. The lowest BCUT2D eigenvalue weighted by Crippen LogP contribution is -2.30. The minimum Gasteiger partial charge on any atom is -0.744 e. The second-order valence-electron chi connectivity index (χ2n) is 6.46. The van der Waals surface area contributed by atoms with Crippen molar-refractivity contribution in [2.24, 2.45) is 7.05 Å². The molecule has 0 radical (unpaired) electrons. The van der Waals surface area contributed by atoms with Crippen LogP contribution < -0.4 is 9.47 Å². The molecule has 0 saturated carbocycles. The zero-order valence-electron chi connectivity index (χ0n) is 17.0. The molecule has 0 unspecified atom stereocenters. The summed E-state index contributed by atoms with van der Waals surface area (Å²) >= 11 is 5.46. The Morgan fingerprint density at radius 2 is 1.53 bits per heavy atom. The molecule has 0 aliphatic rings. The standard InChI is InChI=1S/C16H19N2.C6H5ClO3S.H2O/c1-17(2)15-10-7-14(8-11-15)9-12-16-6-4-5-13-18(16)3;7-5-1-3-6(4-2-5)11(8,9)10;/h4-13H,1-3H3;1-4H,(H,8,9,10);1H2/q+1;;/p-1. The summed E-state index contributed by atoms with van der Waals surface area (Å²) in [6.45, 7) is 0. The third-order valence-electron chi connectivity index (χ3n) is 4.05. The highest BCUT2D eigenvalue weighted by molar-refractivity contribution is 7.85. The van der Waals surface area contributed by atoms with Gasteiger partial charge in [0.2, 0.25) is 5.69 Å². The molecule has 0 spiro atoms. The normalized spacial score (nSPS) is 10.7. The Hall–Kier alpha value is -2.71. The van der Waals surface area contributed by atoms with Gasteiger partial charge in [0.15, 0.2) is 6.20 Å².